The van der Waals surface area contributed by atoms with E-state index in [2.05, 4.69) is 10.6 Å². The number of amides is 3. The van der Waals surface area contributed by atoms with Crippen molar-refractivity contribution in [3.63, 3.8) is 0 Å². The summed E-state index contributed by atoms with van der Waals surface area (Å²) in [7, 11) is 0. The van der Waals surface area contributed by atoms with Crippen molar-refractivity contribution in [2.24, 2.45) is 11.7 Å². The van der Waals surface area contributed by atoms with Crippen LogP contribution in [0.5, 0.6) is 0 Å². The van der Waals surface area contributed by atoms with E-state index in [1.54, 1.807) is 19.1 Å². The van der Waals surface area contributed by atoms with Gasteiger partial charge in [-0.15, -0.1) is 0 Å². The summed E-state index contributed by atoms with van der Waals surface area (Å²) in [5.41, 5.74) is 3.97. The third-order valence-electron chi connectivity index (χ3n) is 8.40. The minimum absolute atomic E-state index is 0.0392. The van der Waals surface area contributed by atoms with Crippen LogP contribution in [-0.4, -0.2) is 66.0 Å². The van der Waals surface area contributed by atoms with E-state index in [1.807, 2.05) is 6.08 Å². The molecule has 2 unspecified atom stereocenters. The molecule has 42 heavy (non-hydrogen) atoms. The minimum atomic E-state index is -3.21. The second-order valence-corrected chi connectivity index (χ2v) is 11.2. The number of amidine groups is 1. The molecule has 2 aromatic rings. The van der Waals surface area contributed by atoms with Crippen LogP contribution in [0.4, 0.5) is 17.6 Å². The topological polar surface area (TPSA) is 128 Å². The van der Waals surface area contributed by atoms with Gasteiger partial charge in [0, 0.05) is 29.2 Å². The first-order chi connectivity index (χ1) is 19.8. The summed E-state index contributed by atoms with van der Waals surface area (Å²) in [4.78, 5) is 40.1. The fourth-order valence-electron chi connectivity index (χ4n) is 5.99. The predicted molar refractivity (Wildman–Crippen MR) is 147 cm³/mol. The number of rotatable bonds is 8. The van der Waals surface area contributed by atoms with Gasteiger partial charge in [-0.3, -0.25) is 19.8 Å². The lowest BCUT2D eigenvalue weighted by Crippen LogP contribution is -2.51. The number of hydrogen-bond acceptors (Lipinski definition) is 4. The number of carbonyl (C=O) groups excluding carboxylic acids is 3. The van der Waals surface area contributed by atoms with Crippen LogP contribution in [0.1, 0.15) is 47.7 Å². The summed E-state index contributed by atoms with van der Waals surface area (Å²) in [6.07, 6.45) is 2.35. The normalized spacial score (nSPS) is 24.4. The van der Waals surface area contributed by atoms with E-state index in [-0.39, 0.29) is 40.0 Å². The fourth-order valence-corrected chi connectivity index (χ4v) is 5.99. The Morgan fingerprint density at radius 3 is 2.52 bits per heavy atom. The van der Waals surface area contributed by atoms with Crippen LogP contribution in [0.2, 0.25) is 0 Å². The lowest BCUT2D eigenvalue weighted by Gasteiger charge is -2.27. The molecule has 5 N–H and O–H groups in total. The standard InChI is InChI=1S/C30H31F4N5O3/c1-16(17-6-7-18(10-17)26(35)36)38-28(42)24-12-29(32,14-31)15-39(24)25(40)13-37-27(41)19-8-9-23-21(11-19)20-4-2-3-5-22(20)30(23,33)34/h2-5,7-9,11,16-17,24H,6,10,12-15H2,1H3,(H3,35,36)(H,37,41)(H,38,42)/t16-,17?,24?,29+/m1/s1. The summed E-state index contributed by atoms with van der Waals surface area (Å²) < 4.78 is 58.3. The van der Waals surface area contributed by atoms with Crippen LogP contribution in [-0.2, 0) is 15.5 Å². The van der Waals surface area contributed by atoms with E-state index >= 15 is 4.39 Å². The average Bonchev–Trinajstić information content (AvgIpc) is 3.66. The van der Waals surface area contributed by atoms with E-state index in [0.29, 0.717) is 24.0 Å². The predicted octanol–water partition coefficient (Wildman–Crippen LogP) is 3.59. The first-order valence-corrected chi connectivity index (χ1v) is 13.6. The number of halogens is 4. The highest BCUT2D eigenvalue weighted by atomic mass is 19.3. The molecule has 0 bridgehead atoms. The maximum Gasteiger partial charge on any atom is 0.299 e. The van der Waals surface area contributed by atoms with E-state index < -0.39 is 61.5 Å². The number of likely N-dealkylation sites (tertiary alicyclic amines) is 1. The molecule has 0 radical (unpaired) electrons. The number of carbonyl (C=O) groups is 3. The van der Waals surface area contributed by atoms with Crippen molar-refractivity contribution in [3.05, 3.63) is 70.8 Å². The lowest BCUT2D eigenvalue weighted by molar-refractivity contribution is -0.138. The molecule has 12 heteroatoms. The van der Waals surface area contributed by atoms with Crippen LogP contribution in [0.25, 0.3) is 11.1 Å². The summed E-state index contributed by atoms with van der Waals surface area (Å²) >= 11 is 0. The van der Waals surface area contributed by atoms with Gasteiger partial charge < -0.3 is 21.3 Å². The van der Waals surface area contributed by atoms with Crippen molar-refractivity contribution in [2.75, 3.05) is 19.8 Å². The van der Waals surface area contributed by atoms with Gasteiger partial charge in [0.15, 0.2) is 5.67 Å². The number of alkyl halides is 4. The molecule has 2 aliphatic carbocycles. The Balaban J connectivity index is 1.25. The van der Waals surface area contributed by atoms with Crippen molar-refractivity contribution >= 4 is 23.6 Å². The SMILES string of the molecule is C[C@@H](NC(=O)C1C[C@](F)(CF)CN1C(=O)CNC(=O)c1ccc2c(c1)-c1ccccc1C2(F)F)C1CC=C(C(=N)N)C1. The molecule has 1 heterocycles. The van der Waals surface area contributed by atoms with Crippen molar-refractivity contribution in [3.8, 4) is 11.1 Å². The van der Waals surface area contributed by atoms with Gasteiger partial charge in [-0.05, 0) is 54.5 Å². The second kappa shape index (κ2) is 10.9. The number of nitrogens with two attached hydrogens (primary N) is 1. The number of nitrogens with one attached hydrogen (secondary N) is 3. The number of fused-ring (bicyclic) bond motifs is 3. The molecule has 8 nitrogen and oxygen atoms in total. The third kappa shape index (κ3) is 5.25. The molecule has 2 aromatic carbocycles. The highest BCUT2D eigenvalue weighted by Gasteiger charge is 2.50. The van der Waals surface area contributed by atoms with Gasteiger partial charge in [0.25, 0.3) is 11.8 Å². The van der Waals surface area contributed by atoms with Gasteiger partial charge in [-0.1, -0.05) is 36.4 Å². The number of allylic oxidation sites excluding steroid dienone is 1. The van der Waals surface area contributed by atoms with Crippen molar-refractivity contribution < 1.29 is 31.9 Å². The highest BCUT2D eigenvalue weighted by molar-refractivity contribution is 5.99. The Morgan fingerprint density at radius 2 is 1.83 bits per heavy atom. The van der Waals surface area contributed by atoms with Gasteiger partial charge in [0.1, 0.15) is 18.6 Å². The van der Waals surface area contributed by atoms with Crippen molar-refractivity contribution in [2.45, 2.75) is 49.9 Å². The summed E-state index contributed by atoms with van der Waals surface area (Å²) in [6.45, 7) is -0.907. The fraction of sp³-hybridized carbons (Fsp3) is 0.400. The first kappa shape index (κ1) is 29.3. The quantitative estimate of drug-likeness (QED) is 0.215. The maximum absolute atomic E-state index is 15.1. The van der Waals surface area contributed by atoms with Crippen LogP contribution >= 0.6 is 0 Å². The number of benzene rings is 2. The molecule has 0 aromatic heterocycles. The van der Waals surface area contributed by atoms with Crippen LogP contribution in [0.15, 0.2) is 54.1 Å². The molecule has 1 aliphatic heterocycles. The van der Waals surface area contributed by atoms with E-state index in [4.69, 9.17) is 11.1 Å². The molecule has 1 fully saturated rings. The second-order valence-electron chi connectivity index (χ2n) is 11.2. The number of nitrogens with zero attached hydrogens (tertiary/aromatic N) is 1. The highest BCUT2D eigenvalue weighted by Crippen LogP contribution is 2.50. The van der Waals surface area contributed by atoms with E-state index in [0.717, 1.165) is 4.90 Å². The maximum atomic E-state index is 15.1. The zero-order chi connectivity index (χ0) is 30.4. The smallest absolute Gasteiger partial charge is 0.299 e. The van der Waals surface area contributed by atoms with Gasteiger partial charge in [-0.25, -0.2) is 8.78 Å². The number of hydrogen-bond donors (Lipinski definition) is 4. The van der Waals surface area contributed by atoms with E-state index in [1.165, 1.54) is 30.3 Å². The Morgan fingerprint density at radius 1 is 1.12 bits per heavy atom. The first-order valence-electron chi connectivity index (χ1n) is 13.6. The van der Waals surface area contributed by atoms with Crippen LogP contribution < -0.4 is 16.4 Å². The Bertz CT molecular complexity index is 1500. The lowest BCUT2D eigenvalue weighted by atomic mass is 9.96. The molecular formula is C30H31F4N5O3. The van der Waals surface area contributed by atoms with E-state index in [9.17, 15) is 27.6 Å². The molecule has 5 rings (SSSR count). The Hall–Kier alpha value is -4.22. The largest absolute Gasteiger partial charge is 0.384 e. The monoisotopic (exact) mass is 585 g/mol. The average molecular weight is 586 g/mol. The van der Waals surface area contributed by atoms with Gasteiger partial charge in [0.2, 0.25) is 11.8 Å². The minimum Gasteiger partial charge on any atom is -0.384 e. The van der Waals surface area contributed by atoms with Crippen molar-refractivity contribution in [1.29, 1.82) is 5.41 Å². The van der Waals surface area contributed by atoms with Gasteiger partial charge in [0.05, 0.1) is 13.1 Å². The molecule has 0 spiro atoms. The third-order valence-corrected chi connectivity index (χ3v) is 8.40. The molecule has 3 amide bonds. The molecule has 1 saturated heterocycles. The molecule has 4 atom stereocenters. The summed E-state index contributed by atoms with van der Waals surface area (Å²) in [5, 5.41) is 12.8. The van der Waals surface area contributed by atoms with Crippen LogP contribution in [0, 0.1) is 11.3 Å². The molecule has 0 saturated carbocycles. The molecule has 222 valence electrons. The zero-order valence-corrected chi connectivity index (χ0v) is 22.9. The summed E-state index contributed by atoms with van der Waals surface area (Å²) in [5.74, 6) is -5.46. The van der Waals surface area contributed by atoms with Crippen molar-refractivity contribution in [1.82, 2.24) is 15.5 Å². The van der Waals surface area contributed by atoms with Crippen LogP contribution in [0.3, 0.4) is 0 Å². The zero-order valence-electron chi connectivity index (χ0n) is 22.9. The molecule has 3 aliphatic rings. The summed E-state index contributed by atoms with van der Waals surface area (Å²) in [6, 6.07) is 8.05. The Kier molecular flexibility index (Phi) is 7.59. The Labute approximate surface area is 239 Å². The van der Waals surface area contributed by atoms with Gasteiger partial charge in [-0.2, -0.15) is 8.78 Å². The van der Waals surface area contributed by atoms with Gasteiger partial charge >= 0.3 is 0 Å². The molecular weight excluding hydrogens is 554 g/mol.